The van der Waals surface area contributed by atoms with E-state index in [-0.39, 0.29) is 12.1 Å². The Kier molecular flexibility index (Phi) is 3.99. The van der Waals surface area contributed by atoms with E-state index in [1.54, 1.807) is 20.8 Å². The fraction of sp³-hybridized carbons (Fsp3) is 0.571. The van der Waals surface area contributed by atoms with Gasteiger partial charge in [-0.1, -0.05) is 30.3 Å². The van der Waals surface area contributed by atoms with Crippen molar-refractivity contribution >= 4 is 10.0 Å². The summed E-state index contributed by atoms with van der Waals surface area (Å²) in [5.74, 6) is 0. The Balaban J connectivity index is 2.19. The molecule has 2 rings (SSSR count). The van der Waals surface area contributed by atoms with Crippen LogP contribution in [0.1, 0.15) is 38.8 Å². The number of nitrogens with one attached hydrogen (secondary N) is 1. The summed E-state index contributed by atoms with van der Waals surface area (Å²) in [4.78, 5) is 0. The van der Waals surface area contributed by atoms with E-state index in [9.17, 15) is 8.42 Å². The summed E-state index contributed by atoms with van der Waals surface area (Å²) in [5.41, 5.74) is 0.978. The smallest absolute Gasteiger partial charge is 0.217 e. The largest absolute Gasteiger partial charge is 0.373 e. The molecule has 1 aromatic carbocycles. The molecule has 106 valence electrons. The van der Waals surface area contributed by atoms with Gasteiger partial charge in [0.1, 0.15) is 0 Å². The van der Waals surface area contributed by atoms with Crippen molar-refractivity contribution < 1.29 is 13.2 Å². The first-order valence-electron chi connectivity index (χ1n) is 6.48. The average molecular weight is 283 g/mol. The Bertz CT molecular complexity index is 515. The molecular weight excluding hydrogens is 262 g/mol. The van der Waals surface area contributed by atoms with Gasteiger partial charge in [-0.25, -0.2) is 13.1 Å². The molecule has 1 fully saturated rings. The normalized spacial score (nSPS) is 21.1. The second-order valence-corrected chi connectivity index (χ2v) is 8.36. The molecule has 1 saturated heterocycles. The molecule has 0 amide bonds. The molecule has 0 aliphatic carbocycles. The average Bonchev–Trinajstić information content (AvgIpc) is 3.11. The van der Waals surface area contributed by atoms with Crippen LogP contribution in [0, 0.1) is 0 Å². The molecule has 1 heterocycles. The number of ether oxygens (including phenoxy) is 1. The number of benzene rings is 1. The van der Waals surface area contributed by atoms with Gasteiger partial charge in [0.25, 0.3) is 0 Å². The molecule has 1 aliphatic heterocycles. The minimum absolute atomic E-state index is 0.174. The van der Waals surface area contributed by atoms with Crippen LogP contribution in [-0.2, 0) is 14.8 Å². The third-order valence-corrected chi connectivity index (χ3v) is 5.41. The Hall–Kier alpha value is -0.910. The molecule has 1 N–H and O–H groups in total. The highest BCUT2D eigenvalue weighted by atomic mass is 32.2. The molecule has 1 aromatic rings. The van der Waals surface area contributed by atoms with Crippen LogP contribution >= 0.6 is 0 Å². The van der Waals surface area contributed by atoms with E-state index in [1.165, 1.54) is 0 Å². The maximum Gasteiger partial charge on any atom is 0.217 e. The lowest BCUT2D eigenvalue weighted by atomic mass is 10.0. The first kappa shape index (κ1) is 14.5. The maximum atomic E-state index is 12.3. The summed E-state index contributed by atoms with van der Waals surface area (Å²) >= 11 is 0. The molecule has 0 saturated carbocycles. The van der Waals surface area contributed by atoms with E-state index in [2.05, 4.69) is 4.72 Å². The first-order valence-corrected chi connectivity index (χ1v) is 7.96. The number of hydrogen-bond donors (Lipinski definition) is 1. The highest BCUT2D eigenvalue weighted by Gasteiger charge is 2.34. The molecule has 5 heteroatoms. The molecule has 4 nitrogen and oxygen atoms in total. The number of epoxide rings is 1. The zero-order chi connectivity index (χ0) is 14.1. The van der Waals surface area contributed by atoms with Gasteiger partial charge in [-0.05, 0) is 32.8 Å². The van der Waals surface area contributed by atoms with E-state index in [1.807, 2.05) is 30.3 Å². The second-order valence-electron chi connectivity index (χ2n) is 5.89. The van der Waals surface area contributed by atoms with Crippen LogP contribution in [0.15, 0.2) is 30.3 Å². The lowest BCUT2D eigenvalue weighted by molar-refractivity contribution is 0.374. The molecular formula is C14H21NO3S. The van der Waals surface area contributed by atoms with Crippen LogP contribution in [0.3, 0.4) is 0 Å². The number of sulfonamides is 1. The van der Waals surface area contributed by atoms with Crippen molar-refractivity contribution in [1.82, 2.24) is 4.72 Å². The predicted molar refractivity (Wildman–Crippen MR) is 75.3 cm³/mol. The molecule has 0 unspecified atom stereocenters. The van der Waals surface area contributed by atoms with Gasteiger partial charge in [0.05, 0.1) is 17.5 Å². The zero-order valence-corrected chi connectivity index (χ0v) is 12.4. The standard InChI is InChI=1S/C14H21NO3S/c1-14(2,3)19(16,17)15-13(9-12-10-18-12)11-7-5-4-6-8-11/h4-8,12-13,15H,9-10H2,1-3H3/t12-,13+/m1/s1. The fourth-order valence-electron chi connectivity index (χ4n) is 1.77. The van der Waals surface area contributed by atoms with Crippen molar-refractivity contribution in [1.29, 1.82) is 0 Å². The van der Waals surface area contributed by atoms with E-state index in [4.69, 9.17) is 4.74 Å². The molecule has 0 bridgehead atoms. The summed E-state index contributed by atoms with van der Waals surface area (Å²) in [7, 11) is -3.37. The Labute approximate surface area is 115 Å². The third-order valence-electron chi connectivity index (χ3n) is 3.21. The Morgan fingerprint density at radius 2 is 1.89 bits per heavy atom. The minimum Gasteiger partial charge on any atom is -0.373 e. The first-order chi connectivity index (χ1) is 8.79. The third kappa shape index (κ3) is 3.78. The minimum atomic E-state index is -3.37. The molecule has 0 radical (unpaired) electrons. The predicted octanol–water partition coefficient (Wildman–Crippen LogP) is 2.23. The number of hydrogen-bond acceptors (Lipinski definition) is 3. The van der Waals surface area contributed by atoms with E-state index >= 15 is 0 Å². The van der Waals surface area contributed by atoms with Crippen LogP contribution in [0.4, 0.5) is 0 Å². The molecule has 1 aliphatic rings. The second kappa shape index (κ2) is 5.23. The van der Waals surface area contributed by atoms with E-state index in [0.29, 0.717) is 6.42 Å². The lowest BCUT2D eigenvalue weighted by Crippen LogP contribution is -2.41. The topological polar surface area (TPSA) is 58.7 Å². The van der Waals surface area contributed by atoms with Crippen molar-refractivity contribution in [3.05, 3.63) is 35.9 Å². The summed E-state index contributed by atoms with van der Waals surface area (Å²) in [6.45, 7) is 5.82. The van der Waals surface area contributed by atoms with E-state index < -0.39 is 14.8 Å². The van der Waals surface area contributed by atoms with Crippen molar-refractivity contribution in [2.45, 2.75) is 44.1 Å². The lowest BCUT2D eigenvalue weighted by Gasteiger charge is -2.25. The summed E-state index contributed by atoms with van der Waals surface area (Å²) in [5, 5.41) is 0. The SMILES string of the molecule is CC(C)(C)S(=O)(=O)N[C@@H](C[C@@H]1CO1)c1ccccc1. The van der Waals surface area contributed by atoms with Gasteiger partial charge >= 0.3 is 0 Å². The maximum absolute atomic E-state index is 12.3. The number of rotatable bonds is 5. The highest BCUT2D eigenvalue weighted by molar-refractivity contribution is 7.90. The van der Waals surface area contributed by atoms with Crippen LogP contribution in [-0.4, -0.2) is 25.9 Å². The quantitative estimate of drug-likeness (QED) is 0.843. The van der Waals surface area contributed by atoms with Crippen molar-refractivity contribution in [2.24, 2.45) is 0 Å². The molecule has 19 heavy (non-hydrogen) atoms. The van der Waals surface area contributed by atoms with Gasteiger partial charge < -0.3 is 4.74 Å². The van der Waals surface area contributed by atoms with E-state index in [0.717, 1.165) is 12.2 Å². The van der Waals surface area contributed by atoms with Gasteiger partial charge in [-0.3, -0.25) is 0 Å². The Morgan fingerprint density at radius 3 is 2.37 bits per heavy atom. The van der Waals surface area contributed by atoms with Crippen LogP contribution in [0.5, 0.6) is 0 Å². The van der Waals surface area contributed by atoms with Crippen molar-refractivity contribution in [3.63, 3.8) is 0 Å². The monoisotopic (exact) mass is 283 g/mol. The van der Waals surface area contributed by atoms with Crippen molar-refractivity contribution in [2.75, 3.05) is 6.61 Å². The molecule has 0 aromatic heterocycles. The summed E-state index contributed by atoms with van der Waals surface area (Å²) in [6, 6.07) is 9.42. The Morgan fingerprint density at radius 1 is 1.32 bits per heavy atom. The van der Waals surface area contributed by atoms with Gasteiger partial charge in [-0.15, -0.1) is 0 Å². The molecule has 0 spiro atoms. The van der Waals surface area contributed by atoms with Crippen LogP contribution in [0.25, 0.3) is 0 Å². The van der Waals surface area contributed by atoms with Gasteiger partial charge in [0, 0.05) is 6.04 Å². The van der Waals surface area contributed by atoms with Gasteiger partial charge in [-0.2, -0.15) is 0 Å². The fourth-order valence-corrected chi connectivity index (χ4v) is 2.73. The molecule has 2 atom stereocenters. The van der Waals surface area contributed by atoms with Gasteiger partial charge in [0.15, 0.2) is 0 Å². The van der Waals surface area contributed by atoms with Crippen molar-refractivity contribution in [3.8, 4) is 0 Å². The van der Waals surface area contributed by atoms with Crippen LogP contribution < -0.4 is 4.72 Å². The van der Waals surface area contributed by atoms with Gasteiger partial charge in [0.2, 0.25) is 10.0 Å². The summed E-state index contributed by atoms with van der Waals surface area (Å²) in [6.07, 6.45) is 0.854. The zero-order valence-electron chi connectivity index (χ0n) is 11.6. The van der Waals surface area contributed by atoms with Crippen LogP contribution in [0.2, 0.25) is 0 Å². The summed E-state index contributed by atoms with van der Waals surface area (Å²) < 4.78 is 31.8. The highest BCUT2D eigenvalue weighted by Crippen LogP contribution is 2.28.